The second kappa shape index (κ2) is 18.6. The zero-order valence-corrected chi connectivity index (χ0v) is 27.4. The highest BCUT2D eigenvalue weighted by atomic mass is 32.2. The van der Waals surface area contributed by atoms with E-state index in [1.807, 2.05) is 0 Å². The lowest BCUT2D eigenvalue weighted by Gasteiger charge is -2.48. The van der Waals surface area contributed by atoms with Gasteiger partial charge in [0.1, 0.15) is 37.1 Å². The first-order valence-corrected chi connectivity index (χ1v) is 15.2. The van der Waals surface area contributed by atoms with Crippen molar-refractivity contribution < 1.29 is 66.0 Å². The zero-order chi connectivity index (χ0) is 35.4. The van der Waals surface area contributed by atoms with E-state index in [0.29, 0.717) is 17.5 Å². The van der Waals surface area contributed by atoms with Gasteiger partial charge >= 0.3 is 23.9 Å². The average molecular weight is 694 g/mol. The SMILES string of the molecule is [B]SOC1C(COC(C)=O)OC(OC2C(OC(C)=O)OC(OC(C)=N)C(OC(C)=O)C2OCc2ccccc2)C(N=[N+]=[N-])C1OC(C)=O. The van der Waals surface area contributed by atoms with E-state index in [0.717, 1.165) is 27.7 Å². The standard InChI is InChI=1S/C28H35BN4O14S/c1-13(30)40-27-24(42-16(4)36)23(39-11-18-9-7-6-8-10-18)25(28(46-27)43-17(5)37)45-26-20(32-33-31)22(41-15(3)35)21(47-48-29)19(44-26)12-38-14(2)34/h6-10,19-28,30H,11-12H2,1-5H3. The molecular weight excluding hydrogens is 659 g/mol. The fraction of sp³-hybridized carbons (Fsp3) is 0.607. The van der Waals surface area contributed by atoms with Gasteiger partial charge in [0.25, 0.3) is 0 Å². The van der Waals surface area contributed by atoms with E-state index < -0.39 is 92.0 Å². The predicted molar refractivity (Wildman–Crippen MR) is 162 cm³/mol. The van der Waals surface area contributed by atoms with Gasteiger partial charge in [0.05, 0.1) is 6.61 Å². The number of nitrogens with one attached hydrogen (secondary N) is 1. The molecule has 260 valence electrons. The van der Waals surface area contributed by atoms with Gasteiger partial charge in [0.2, 0.25) is 19.7 Å². The number of hydrogen-bond acceptors (Lipinski definition) is 17. The monoisotopic (exact) mass is 694 g/mol. The molecule has 0 aromatic heterocycles. The van der Waals surface area contributed by atoms with E-state index in [2.05, 4.69) is 10.0 Å². The van der Waals surface area contributed by atoms with Crippen LogP contribution in [0.3, 0.4) is 0 Å². The van der Waals surface area contributed by atoms with Gasteiger partial charge in [0, 0.05) is 39.5 Å². The number of esters is 4. The molecular formula is C28H35BN4O14S. The van der Waals surface area contributed by atoms with Crippen molar-refractivity contribution in [2.24, 2.45) is 5.11 Å². The first-order valence-electron chi connectivity index (χ1n) is 14.4. The molecule has 2 aliphatic heterocycles. The molecule has 2 aliphatic rings. The lowest BCUT2D eigenvalue weighted by Crippen LogP contribution is -2.66. The number of benzene rings is 1. The molecule has 10 unspecified atom stereocenters. The summed E-state index contributed by atoms with van der Waals surface area (Å²) in [6.07, 6.45) is -13.1. The minimum absolute atomic E-state index is 0.0910. The molecule has 10 atom stereocenters. The molecule has 18 nitrogen and oxygen atoms in total. The van der Waals surface area contributed by atoms with Gasteiger partial charge in [-0.15, -0.1) is 0 Å². The third-order valence-electron chi connectivity index (χ3n) is 6.63. The Balaban J connectivity index is 2.14. The van der Waals surface area contributed by atoms with Crippen LogP contribution >= 0.6 is 11.9 Å². The van der Waals surface area contributed by atoms with E-state index in [1.54, 1.807) is 30.3 Å². The third-order valence-corrected chi connectivity index (χ3v) is 6.96. The molecule has 1 aromatic carbocycles. The van der Waals surface area contributed by atoms with Crippen LogP contribution in [0.2, 0.25) is 0 Å². The van der Waals surface area contributed by atoms with Crippen LogP contribution in [0.5, 0.6) is 0 Å². The number of carbonyl (C=O) groups excluding carboxylic acids is 4. The van der Waals surface area contributed by atoms with Crippen LogP contribution < -0.4 is 0 Å². The van der Waals surface area contributed by atoms with Crippen molar-refractivity contribution in [2.45, 2.75) is 103 Å². The Morgan fingerprint density at radius 3 is 2.02 bits per heavy atom. The van der Waals surface area contributed by atoms with E-state index in [1.165, 1.54) is 6.92 Å². The summed E-state index contributed by atoms with van der Waals surface area (Å²) >= 11 is 0.393. The Morgan fingerprint density at radius 1 is 0.833 bits per heavy atom. The molecule has 0 spiro atoms. The molecule has 3 rings (SSSR count). The molecule has 2 radical (unpaired) electrons. The zero-order valence-electron chi connectivity index (χ0n) is 26.6. The quantitative estimate of drug-likeness (QED) is 0.0338. The van der Waals surface area contributed by atoms with Crippen molar-refractivity contribution in [3.63, 3.8) is 0 Å². The molecule has 0 aliphatic carbocycles. The second-order valence-corrected chi connectivity index (χ2v) is 10.7. The lowest BCUT2D eigenvalue weighted by atomic mass is 9.96. The summed E-state index contributed by atoms with van der Waals surface area (Å²) in [5.41, 5.74) is 10.2. The van der Waals surface area contributed by atoms with E-state index >= 15 is 0 Å². The van der Waals surface area contributed by atoms with Crippen molar-refractivity contribution in [1.29, 1.82) is 5.41 Å². The average Bonchev–Trinajstić information content (AvgIpc) is 3.00. The van der Waals surface area contributed by atoms with Crippen molar-refractivity contribution in [1.82, 2.24) is 0 Å². The number of carbonyl (C=O) groups is 4. The summed E-state index contributed by atoms with van der Waals surface area (Å²) < 4.78 is 57.1. The smallest absolute Gasteiger partial charge is 0.305 e. The Labute approximate surface area is 280 Å². The normalized spacial score (nSPS) is 29.8. The molecule has 48 heavy (non-hydrogen) atoms. The summed E-state index contributed by atoms with van der Waals surface area (Å²) in [6.45, 7) is 5.22. The summed E-state index contributed by atoms with van der Waals surface area (Å²) in [5.74, 6) is -3.44. The maximum atomic E-state index is 12.3. The molecule has 20 heteroatoms. The fourth-order valence-corrected chi connectivity index (χ4v) is 5.27. The number of nitrogens with zero attached hydrogens (tertiary/aromatic N) is 3. The van der Waals surface area contributed by atoms with E-state index in [9.17, 15) is 24.7 Å². The van der Waals surface area contributed by atoms with Crippen LogP contribution in [0.25, 0.3) is 10.4 Å². The van der Waals surface area contributed by atoms with Crippen molar-refractivity contribution in [3.05, 3.63) is 46.3 Å². The highest BCUT2D eigenvalue weighted by Gasteiger charge is 2.56. The molecule has 2 fully saturated rings. The van der Waals surface area contributed by atoms with Gasteiger partial charge in [-0.1, -0.05) is 47.3 Å². The summed E-state index contributed by atoms with van der Waals surface area (Å²) in [6, 6.07) is 7.35. The van der Waals surface area contributed by atoms with Crippen molar-refractivity contribution in [2.75, 3.05) is 6.61 Å². The first kappa shape index (κ1) is 38.5. The second-order valence-electron chi connectivity index (χ2n) is 10.4. The Morgan fingerprint density at radius 2 is 1.46 bits per heavy atom. The van der Waals surface area contributed by atoms with Crippen LogP contribution in [0.4, 0.5) is 0 Å². The van der Waals surface area contributed by atoms with E-state index in [4.69, 9.17) is 59.3 Å². The Bertz CT molecular complexity index is 1340. The van der Waals surface area contributed by atoms with Gasteiger partial charge in [-0.3, -0.25) is 29.3 Å². The molecule has 0 amide bonds. The maximum absolute atomic E-state index is 12.3. The van der Waals surface area contributed by atoms with Crippen LogP contribution in [0.1, 0.15) is 40.2 Å². The highest BCUT2D eigenvalue weighted by Crippen LogP contribution is 2.36. The molecule has 2 heterocycles. The van der Waals surface area contributed by atoms with E-state index in [-0.39, 0.29) is 12.5 Å². The van der Waals surface area contributed by atoms with Gasteiger partial charge < -0.3 is 42.1 Å². The number of rotatable bonds is 14. The maximum Gasteiger partial charge on any atom is 0.305 e. The third kappa shape index (κ3) is 11.1. The summed E-state index contributed by atoms with van der Waals surface area (Å²) in [5, 5.41) is 11.6. The van der Waals surface area contributed by atoms with Crippen LogP contribution in [0.15, 0.2) is 35.4 Å². The Hall–Kier alpha value is -3.91. The fourth-order valence-electron chi connectivity index (χ4n) is 4.90. The molecule has 2 saturated heterocycles. The van der Waals surface area contributed by atoms with Crippen LogP contribution in [0, 0.1) is 5.41 Å². The van der Waals surface area contributed by atoms with Gasteiger partial charge in [-0.25, -0.2) is 0 Å². The first-order chi connectivity index (χ1) is 22.8. The van der Waals surface area contributed by atoms with Gasteiger partial charge in [-0.2, -0.15) is 0 Å². The predicted octanol–water partition coefficient (Wildman–Crippen LogP) is 2.16. The van der Waals surface area contributed by atoms with Gasteiger partial charge in [-0.05, 0) is 11.1 Å². The van der Waals surface area contributed by atoms with Crippen molar-refractivity contribution in [3.8, 4) is 0 Å². The summed E-state index contributed by atoms with van der Waals surface area (Å²) in [7, 11) is 5.55. The topological polar surface area (TPSA) is 233 Å². The number of ether oxygens (including phenoxy) is 9. The molecule has 1 N–H and O–H groups in total. The number of hydrogen-bond donors (Lipinski definition) is 1. The molecule has 1 aromatic rings. The van der Waals surface area contributed by atoms with Gasteiger partial charge in [0.15, 0.2) is 24.4 Å². The largest absolute Gasteiger partial charge is 0.463 e. The molecule has 0 bridgehead atoms. The minimum atomic E-state index is -1.66. The minimum Gasteiger partial charge on any atom is -0.463 e. The Kier molecular flexibility index (Phi) is 14.9. The van der Waals surface area contributed by atoms with Crippen LogP contribution in [-0.2, 0) is 72.6 Å². The lowest BCUT2D eigenvalue weighted by molar-refractivity contribution is -0.370. The van der Waals surface area contributed by atoms with Crippen molar-refractivity contribution >= 4 is 48.8 Å². The highest BCUT2D eigenvalue weighted by molar-refractivity contribution is 8.15. The van der Waals surface area contributed by atoms with Crippen LogP contribution in [-0.4, -0.2) is 105 Å². The molecule has 0 saturated carbocycles. The summed E-state index contributed by atoms with van der Waals surface area (Å²) in [4.78, 5) is 51.3. The number of azide groups is 1.